The van der Waals surface area contributed by atoms with Crippen LogP contribution in [-0.4, -0.2) is 74.1 Å². The number of ketones is 1. The number of benzene rings is 1. The lowest BCUT2D eigenvalue weighted by molar-refractivity contribution is -0.135. The average Bonchev–Trinajstić information content (AvgIpc) is 3.11. The number of hydrogen-bond donors (Lipinski definition) is 0. The zero-order valence-electron chi connectivity index (χ0n) is 18.8. The Labute approximate surface area is 189 Å². The predicted molar refractivity (Wildman–Crippen MR) is 118 cm³/mol. The van der Waals surface area contributed by atoms with Crippen LogP contribution >= 0.6 is 0 Å². The number of ether oxygens (including phenoxy) is 3. The molecule has 7 nitrogen and oxygen atoms in total. The molecule has 0 N–H and O–H groups in total. The van der Waals surface area contributed by atoms with Gasteiger partial charge in [0, 0.05) is 31.7 Å². The number of nitrogens with zero attached hydrogens (tertiary/aromatic N) is 2. The molecule has 3 heterocycles. The fourth-order valence-electron chi connectivity index (χ4n) is 5.63. The lowest BCUT2D eigenvalue weighted by Gasteiger charge is -2.35. The molecule has 1 saturated carbocycles. The first-order valence-electron chi connectivity index (χ1n) is 11.9. The van der Waals surface area contributed by atoms with Gasteiger partial charge < -0.3 is 19.1 Å². The third kappa shape index (κ3) is 3.82. The van der Waals surface area contributed by atoms with Gasteiger partial charge in [-0.3, -0.25) is 14.5 Å². The molecule has 32 heavy (non-hydrogen) atoms. The normalized spacial score (nSPS) is 28.4. The Bertz CT molecular complexity index is 907. The van der Waals surface area contributed by atoms with E-state index in [2.05, 4.69) is 4.90 Å². The van der Waals surface area contributed by atoms with Gasteiger partial charge in [0.1, 0.15) is 11.9 Å². The highest BCUT2D eigenvalue weighted by Crippen LogP contribution is 2.48. The Hall–Kier alpha value is -2.38. The van der Waals surface area contributed by atoms with E-state index in [1.807, 2.05) is 29.2 Å². The first kappa shape index (κ1) is 21.5. The molecule has 3 aliphatic heterocycles. The predicted octanol–water partition coefficient (Wildman–Crippen LogP) is 2.71. The van der Waals surface area contributed by atoms with Crippen molar-refractivity contribution in [3.63, 3.8) is 0 Å². The third-order valence-electron chi connectivity index (χ3n) is 7.27. The van der Waals surface area contributed by atoms with Crippen LogP contribution in [0.3, 0.4) is 0 Å². The number of morpholine rings is 1. The van der Waals surface area contributed by atoms with Crippen molar-refractivity contribution in [2.24, 2.45) is 5.92 Å². The summed E-state index contributed by atoms with van der Waals surface area (Å²) in [6.07, 6.45) is 4.44. The van der Waals surface area contributed by atoms with E-state index >= 15 is 0 Å². The van der Waals surface area contributed by atoms with Gasteiger partial charge in [0.2, 0.25) is 0 Å². The fraction of sp³-hybridized carbons (Fsp3) is 0.600. The molecule has 7 heteroatoms. The monoisotopic (exact) mass is 440 g/mol. The summed E-state index contributed by atoms with van der Waals surface area (Å²) in [5, 5.41) is 0. The molecule has 1 aromatic rings. The number of fused-ring (bicyclic) bond motifs is 1. The maximum absolute atomic E-state index is 13.7. The van der Waals surface area contributed by atoms with Crippen molar-refractivity contribution in [3.8, 4) is 5.75 Å². The van der Waals surface area contributed by atoms with Crippen molar-refractivity contribution in [2.75, 3.05) is 46.5 Å². The molecule has 0 radical (unpaired) electrons. The van der Waals surface area contributed by atoms with E-state index in [0.29, 0.717) is 17.9 Å². The zero-order chi connectivity index (χ0) is 22.1. The molecule has 5 rings (SSSR count). The second-order valence-corrected chi connectivity index (χ2v) is 9.10. The van der Waals surface area contributed by atoms with E-state index in [9.17, 15) is 9.59 Å². The van der Waals surface area contributed by atoms with Crippen LogP contribution < -0.4 is 4.74 Å². The van der Waals surface area contributed by atoms with E-state index in [1.165, 1.54) is 0 Å². The summed E-state index contributed by atoms with van der Waals surface area (Å²) in [7, 11) is 1.63. The minimum Gasteiger partial charge on any atom is -0.496 e. The highest BCUT2D eigenvalue weighted by atomic mass is 16.5. The van der Waals surface area contributed by atoms with E-state index in [-0.39, 0.29) is 29.5 Å². The SMILES string of the molecule is COc1ccccc1C1C2=C(OC3CCCCC3C2=O)C(=O)N1CCCN1CCOCC1. The summed E-state index contributed by atoms with van der Waals surface area (Å²) < 4.78 is 17.3. The van der Waals surface area contributed by atoms with Gasteiger partial charge in [-0.1, -0.05) is 24.6 Å². The number of para-hydroxylation sites is 1. The maximum atomic E-state index is 13.7. The second kappa shape index (κ2) is 9.24. The van der Waals surface area contributed by atoms with Gasteiger partial charge in [0.15, 0.2) is 11.5 Å². The quantitative estimate of drug-likeness (QED) is 0.678. The van der Waals surface area contributed by atoms with Crippen molar-refractivity contribution in [1.82, 2.24) is 9.80 Å². The van der Waals surface area contributed by atoms with E-state index in [4.69, 9.17) is 14.2 Å². The molecular formula is C25H32N2O5. The van der Waals surface area contributed by atoms with Crippen LogP contribution in [0, 0.1) is 5.92 Å². The minimum absolute atomic E-state index is 0.0934. The van der Waals surface area contributed by atoms with Gasteiger partial charge in [0.05, 0.1) is 37.9 Å². The molecular weight excluding hydrogens is 408 g/mol. The summed E-state index contributed by atoms with van der Waals surface area (Å²) in [5.41, 5.74) is 1.39. The number of amides is 1. The molecule has 172 valence electrons. The van der Waals surface area contributed by atoms with Crippen LogP contribution in [0.5, 0.6) is 5.75 Å². The average molecular weight is 441 g/mol. The molecule has 0 bridgehead atoms. The summed E-state index contributed by atoms with van der Waals surface area (Å²) in [6, 6.07) is 7.25. The Morgan fingerprint density at radius 3 is 2.66 bits per heavy atom. The topological polar surface area (TPSA) is 68.3 Å². The minimum atomic E-state index is -0.450. The molecule has 0 aromatic heterocycles. The van der Waals surface area contributed by atoms with Crippen LogP contribution in [0.2, 0.25) is 0 Å². The van der Waals surface area contributed by atoms with Crippen molar-refractivity contribution in [2.45, 2.75) is 44.2 Å². The van der Waals surface area contributed by atoms with Crippen LogP contribution in [0.1, 0.15) is 43.7 Å². The van der Waals surface area contributed by atoms with E-state index < -0.39 is 6.04 Å². The van der Waals surface area contributed by atoms with Gasteiger partial charge in [0.25, 0.3) is 5.91 Å². The Morgan fingerprint density at radius 1 is 1.06 bits per heavy atom. The van der Waals surface area contributed by atoms with Gasteiger partial charge >= 0.3 is 0 Å². The number of Topliss-reactive ketones (excluding diaryl/α,β-unsaturated/α-hetero) is 1. The number of hydrogen-bond acceptors (Lipinski definition) is 6. The first-order chi connectivity index (χ1) is 15.7. The Morgan fingerprint density at radius 2 is 1.84 bits per heavy atom. The molecule has 2 fully saturated rings. The smallest absolute Gasteiger partial charge is 0.290 e. The lowest BCUT2D eigenvalue weighted by Crippen LogP contribution is -2.39. The van der Waals surface area contributed by atoms with Crippen molar-refractivity contribution < 1.29 is 23.8 Å². The third-order valence-corrected chi connectivity index (χ3v) is 7.27. The summed E-state index contributed by atoms with van der Waals surface area (Å²) in [4.78, 5) is 31.4. The van der Waals surface area contributed by atoms with Crippen molar-refractivity contribution >= 4 is 11.7 Å². The summed E-state index contributed by atoms with van der Waals surface area (Å²) in [5.74, 6) is 0.767. The Balaban J connectivity index is 1.45. The molecule has 0 spiro atoms. The maximum Gasteiger partial charge on any atom is 0.290 e. The van der Waals surface area contributed by atoms with Crippen molar-refractivity contribution in [3.05, 3.63) is 41.2 Å². The molecule has 3 unspecified atom stereocenters. The molecule has 1 aliphatic carbocycles. The molecule has 3 atom stereocenters. The zero-order valence-corrected chi connectivity index (χ0v) is 18.8. The lowest BCUT2D eigenvalue weighted by atomic mass is 9.77. The molecule has 1 saturated heterocycles. The van der Waals surface area contributed by atoms with Gasteiger partial charge in [-0.15, -0.1) is 0 Å². The van der Waals surface area contributed by atoms with Gasteiger partial charge in [-0.05, 0) is 31.7 Å². The molecule has 1 amide bonds. The number of methoxy groups -OCH3 is 1. The summed E-state index contributed by atoms with van der Waals surface area (Å²) >= 11 is 0. The largest absolute Gasteiger partial charge is 0.496 e. The van der Waals surface area contributed by atoms with E-state index in [1.54, 1.807) is 7.11 Å². The van der Waals surface area contributed by atoms with Crippen LogP contribution in [-0.2, 0) is 19.1 Å². The number of rotatable bonds is 6. The van der Waals surface area contributed by atoms with Gasteiger partial charge in [-0.2, -0.15) is 0 Å². The first-order valence-corrected chi connectivity index (χ1v) is 11.9. The Kier molecular flexibility index (Phi) is 6.20. The highest BCUT2D eigenvalue weighted by molar-refractivity contribution is 6.11. The van der Waals surface area contributed by atoms with Gasteiger partial charge in [-0.25, -0.2) is 0 Å². The molecule has 1 aromatic carbocycles. The summed E-state index contributed by atoms with van der Waals surface area (Å²) in [6.45, 7) is 4.82. The van der Waals surface area contributed by atoms with Crippen LogP contribution in [0.4, 0.5) is 0 Å². The number of carbonyl (C=O) groups is 2. The highest BCUT2D eigenvalue weighted by Gasteiger charge is 2.52. The number of carbonyl (C=O) groups excluding carboxylic acids is 2. The standard InChI is InChI=1S/C25H32N2O5/c1-30-19-9-4-2-7-17(19)22-21-23(28)18-8-3-5-10-20(18)32-24(21)25(29)27(22)12-6-11-26-13-15-31-16-14-26/h2,4,7,9,18,20,22H,3,5-6,8,10-16H2,1H3. The van der Waals surface area contributed by atoms with Crippen LogP contribution in [0.25, 0.3) is 0 Å². The van der Waals surface area contributed by atoms with Crippen LogP contribution in [0.15, 0.2) is 35.6 Å². The van der Waals surface area contributed by atoms with Crippen molar-refractivity contribution in [1.29, 1.82) is 0 Å². The van der Waals surface area contributed by atoms with E-state index in [0.717, 1.165) is 70.5 Å². The molecule has 4 aliphatic rings. The second-order valence-electron chi connectivity index (χ2n) is 9.10. The fourth-order valence-corrected chi connectivity index (χ4v) is 5.63.